The molecule has 0 fully saturated rings. The number of pyridine rings is 1. The number of aryl methyl sites for hydroxylation is 1. The summed E-state index contributed by atoms with van der Waals surface area (Å²) in [5.74, 6) is -3.52. The molecule has 2 heterocycles. The highest BCUT2D eigenvalue weighted by atomic mass is 19.3. The molecule has 6 nitrogen and oxygen atoms in total. The molecule has 28 heavy (non-hydrogen) atoms. The number of aromatic nitrogens is 3. The van der Waals surface area contributed by atoms with Gasteiger partial charge in [0.1, 0.15) is 24.1 Å². The third-order valence-electron chi connectivity index (χ3n) is 4.32. The number of aliphatic hydroxyl groups is 1. The van der Waals surface area contributed by atoms with Gasteiger partial charge in [-0.2, -0.15) is 8.78 Å². The molecule has 0 radical (unpaired) electrons. The fourth-order valence-electron chi connectivity index (χ4n) is 2.89. The molecule has 0 bridgehead atoms. The Kier molecular flexibility index (Phi) is 5.37. The third-order valence-corrected chi connectivity index (χ3v) is 4.32. The first-order valence-electron chi connectivity index (χ1n) is 8.49. The average molecular weight is 392 g/mol. The Balaban J connectivity index is 2.02. The molecule has 3 aromatic rings. The topological polar surface area (TPSA) is 80.2 Å². The van der Waals surface area contributed by atoms with Crippen molar-refractivity contribution in [1.82, 2.24) is 15.0 Å². The zero-order chi connectivity index (χ0) is 20.5. The summed E-state index contributed by atoms with van der Waals surface area (Å²) in [6.45, 7) is 1.85. The van der Waals surface area contributed by atoms with Gasteiger partial charge in [-0.25, -0.2) is 19.3 Å². The van der Waals surface area contributed by atoms with Crippen molar-refractivity contribution < 1.29 is 23.0 Å². The van der Waals surface area contributed by atoms with Crippen LogP contribution in [0.2, 0.25) is 0 Å². The first-order chi connectivity index (χ1) is 13.3. The summed E-state index contributed by atoms with van der Waals surface area (Å²) >= 11 is 0. The van der Waals surface area contributed by atoms with Crippen molar-refractivity contribution in [1.29, 1.82) is 0 Å². The maximum Gasteiger partial charge on any atom is 0.298 e. The Morgan fingerprint density at radius 3 is 2.71 bits per heavy atom. The Bertz CT molecular complexity index is 1010. The molecule has 0 amide bonds. The molecule has 0 aliphatic carbocycles. The van der Waals surface area contributed by atoms with Crippen molar-refractivity contribution in [3.63, 3.8) is 0 Å². The van der Waals surface area contributed by atoms with E-state index >= 15 is 0 Å². The fraction of sp³-hybridized carbons (Fsp3) is 0.316. The molecular formula is C19H19F3N4O2. The quantitative estimate of drug-likeness (QED) is 0.665. The molecule has 1 aromatic carbocycles. The van der Waals surface area contributed by atoms with Gasteiger partial charge in [0.15, 0.2) is 0 Å². The van der Waals surface area contributed by atoms with Crippen molar-refractivity contribution in [2.45, 2.75) is 25.8 Å². The molecule has 2 N–H and O–H groups in total. The van der Waals surface area contributed by atoms with Crippen molar-refractivity contribution in [3.05, 3.63) is 53.2 Å². The van der Waals surface area contributed by atoms with Gasteiger partial charge in [-0.15, -0.1) is 0 Å². The second-order valence-electron chi connectivity index (χ2n) is 6.30. The van der Waals surface area contributed by atoms with Crippen LogP contribution in [0.15, 0.2) is 30.5 Å². The van der Waals surface area contributed by atoms with Crippen LogP contribution < -0.4 is 10.1 Å². The van der Waals surface area contributed by atoms with Gasteiger partial charge in [0.2, 0.25) is 5.88 Å². The van der Waals surface area contributed by atoms with E-state index in [1.807, 2.05) is 0 Å². The largest absolute Gasteiger partial charge is 0.481 e. The maximum atomic E-state index is 14.7. The van der Waals surface area contributed by atoms with Crippen LogP contribution in [0.25, 0.3) is 10.9 Å². The standard InChI is InChI=1S/C19H19F3N4O2/c1-10(12-5-4-6-14(17(12)20)19(21,22)9-27)24-18-13-7-16(28-3)23-8-15(13)25-11(2)26-18/h4-8,10,27H,9H2,1-3H3,(H,24,25,26). The van der Waals surface area contributed by atoms with E-state index in [0.717, 1.165) is 6.07 Å². The lowest BCUT2D eigenvalue weighted by Crippen LogP contribution is -2.22. The molecule has 9 heteroatoms. The van der Waals surface area contributed by atoms with Crippen LogP contribution in [0.4, 0.5) is 19.0 Å². The first kappa shape index (κ1) is 19.8. The molecule has 1 atom stereocenters. The number of benzene rings is 1. The number of ether oxygens (including phenoxy) is 1. The van der Waals surface area contributed by atoms with Gasteiger partial charge in [-0.05, 0) is 19.9 Å². The highest BCUT2D eigenvalue weighted by molar-refractivity contribution is 5.89. The number of halogens is 3. The smallest absolute Gasteiger partial charge is 0.298 e. The molecule has 2 aromatic heterocycles. The lowest BCUT2D eigenvalue weighted by atomic mass is 10.00. The summed E-state index contributed by atoms with van der Waals surface area (Å²) in [5.41, 5.74) is -0.268. The number of nitrogens with zero attached hydrogens (tertiary/aromatic N) is 3. The molecule has 0 spiro atoms. The lowest BCUT2D eigenvalue weighted by Gasteiger charge is -2.21. The van der Waals surface area contributed by atoms with Crippen molar-refractivity contribution >= 4 is 16.7 Å². The van der Waals surface area contributed by atoms with Crippen LogP contribution in [0.1, 0.15) is 29.9 Å². The Hall–Kier alpha value is -2.94. The minimum Gasteiger partial charge on any atom is -0.481 e. The summed E-state index contributed by atoms with van der Waals surface area (Å²) < 4.78 is 47.5. The number of hydrogen-bond donors (Lipinski definition) is 2. The number of hydrogen-bond acceptors (Lipinski definition) is 6. The SMILES string of the molecule is COc1cc2c(NC(C)c3cccc(C(F)(F)CO)c3F)nc(C)nc2cn1. The molecule has 148 valence electrons. The number of nitrogens with one attached hydrogen (secondary N) is 1. The van der Waals surface area contributed by atoms with E-state index in [0.29, 0.717) is 28.4 Å². The zero-order valence-corrected chi connectivity index (χ0v) is 15.5. The Morgan fingerprint density at radius 2 is 2.04 bits per heavy atom. The minimum atomic E-state index is -3.67. The number of anilines is 1. The van der Waals surface area contributed by atoms with E-state index in [-0.39, 0.29) is 5.56 Å². The molecule has 0 aliphatic rings. The van der Waals surface area contributed by atoms with Gasteiger partial charge in [0, 0.05) is 17.0 Å². The van der Waals surface area contributed by atoms with Gasteiger partial charge < -0.3 is 15.2 Å². The van der Waals surface area contributed by atoms with E-state index < -0.39 is 30.0 Å². The molecule has 0 saturated heterocycles. The van der Waals surface area contributed by atoms with Gasteiger partial charge in [0.25, 0.3) is 5.92 Å². The third kappa shape index (κ3) is 3.70. The summed E-state index contributed by atoms with van der Waals surface area (Å²) in [5, 5.41) is 12.5. The number of rotatable bonds is 6. The Morgan fingerprint density at radius 1 is 1.29 bits per heavy atom. The van der Waals surface area contributed by atoms with Crippen LogP contribution in [0.3, 0.4) is 0 Å². The predicted octanol–water partition coefficient (Wildman–Crippen LogP) is 3.74. The summed E-state index contributed by atoms with van der Waals surface area (Å²) in [7, 11) is 1.47. The number of alkyl halides is 2. The monoisotopic (exact) mass is 392 g/mol. The summed E-state index contributed by atoms with van der Waals surface area (Å²) in [4.78, 5) is 12.7. The van der Waals surface area contributed by atoms with Crippen molar-refractivity contribution in [2.24, 2.45) is 0 Å². The average Bonchev–Trinajstić information content (AvgIpc) is 2.67. The molecule has 1 unspecified atom stereocenters. The van der Waals surface area contributed by atoms with Crippen LogP contribution in [-0.2, 0) is 5.92 Å². The fourth-order valence-corrected chi connectivity index (χ4v) is 2.89. The second-order valence-corrected chi connectivity index (χ2v) is 6.30. The van der Waals surface area contributed by atoms with E-state index in [1.54, 1.807) is 19.9 Å². The van der Waals surface area contributed by atoms with Crippen LogP contribution >= 0.6 is 0 Å². The van der Waals surface area contributed by atoms with E-state index in [4.69, 9.17) is 9.84 Å². The predicted molar refractivity (Wildman–Crippen MR) is 98.0 cm³/mol. The van der Waals surface area contributed by atoms with Gasteiger partial charge >= 0.3 is 0 Å². The van der Waals surface area contributed by atoms with Crippen LogP contribution in [0, 0.1) is 12.7 Å². The van der Waals surface area contributed by atoms with E-state index in [2.05, 4.69) is 20.3 Å². The van der Waals surface area contributed by atoms with Crippen LogP contribution in [0.5, 0.6) is 5.88 Å². The van der Waals surface area contributed by atoms with Crippen molar-refractivity contribution in [3.8, 4) is 5.88 Å². The number of aliphatic hydroxyl groups excluding tert-OH is 1. The molecule has 0 aliphatic heterocycles. The highest BCUT2D eigenvalue weighted by Gasteiger charge is 2.35. The second kappa shape index (κ2) is 7.59. The number of fused-ring (bicyclic) bond motifs is 1. The van der Waals surface area contributed by atoms with Gasteiger partial charge in [-0.3, -0.25) is 0 Å². The lowest BCUT2D eigenvalue weighted by molar-refractivity contribution is -0.0583. The van der Waals surface area contributed by atoms with E-state index in [1.165, 1.54) is 25.4 Å². The molecule has 3 rings (SSSR count). The van der Waals surface area contributed by atoms with Crippen molar-refractivity contribution in [2.75, 3.05) is 19.0 Å². The van der Waals surface area contributed by atoms with E-state index in [9.17, 15) is 13.2 Å². The normalized spacial score (nSPS) is 12.8. The zero-order valence-electron chi connectivity index (χ0n) is 15.5. The maximum absolute atomic E-state index is 14.7. The summed E-state index contributed by atoms with van der Waals surface area (Å²) in [6.07, 6.45) is 1.53. The molecule has 0 saturated carbocycles. The number of methoxy groups -OCH3 is 1. The highest BCUT2D eigenvalue weighted by Crippen LogP contribution is 2.34. The van der Waals surface area contributed by atoms with Gasteiger partial charge in [-0.1, -0.05) is 12.1 Å². The summed E-state index contributed by atoms with van der Waals surface area (Å²) in [6, 6.07) is 4.64. The Labute approximate surface area is 159 Å². The molecular weight excluding hydrogens is 373 g/mol. The van der Waals surface area contributed by atoms with Crippen LogP contribution in [-0.4, -0.2) is 33.8 Å². The van der Waals surface area contributed by atoms with Gasteiger partial charge in [0.05, 0.1) is 30.4 Å². The minimum absolute atomic E-state index is 0.0241. The first-order valence-corrected chi connectivity index (χ1v) is 8.49.